The lowest BCUT2D eigenvalue weighted by molar-refractivity contribution is -0.140. The Kier molecular flexibility index (Phi) is 1.16. The first-order valence-electron chi connectivity index (χ1n) is 4.91. The summed E-state index contributed by atoms with van der Waals surface area (Å²) in [6.07, 6.45) is 1.69. The number of carbonyl (C=O) groups is 1. The van der Waals surface area contributed by atoms with E-state index in [1.54, 1.807) is 0 Å². The Hall–Kier alpha value is -1.31. The number of fused-ring (bicyclic) bond motifs is 1. The van der Waals surface area contributed by atoms with Crippen LogP contribution in [0.4, 0.5) is 0 Å². The molecule has 14 heavy (non-hydrogen) atoms. The molecule has 0 saturated heterocycles. The number of aryl methyl sites for hydroxylation is 1. The fourth-order valence-corrected chi connectivity index (χ4v) is 2.60. The first kappa shape index (κ1) is 8.04. The molecule has 0 radical (unpaired) electrons. The maximum Gasteiger partial charge on any atom is 0.310 e. The predicted molar refractivity (Wildman–Crippen MR) is 52.2 cm³/mol. The van der Waals surface area contributed by atoms with Gasteiger partial charge in [0.25, 0.3) is 0 Å². The zero-order chi connectivity index (χ0) is 9.97. The van der Waals surface area contributed by atoms with Gasteiger partial charge in [-0.15, -0.1) is 0 Å². The molecule has 1 aromatic carbocycles. The summed E-state index contributed by atoms with van der Waals surface area (Å²) in [5, 5.41) is 9.04. The highest BCUT2D eigenvalue weighted by atomic mass is 16.4. The Balaban J connectivity index is 1.95. The first-order valence-corrected chi connectivity index (χ1v) is 4.91. The van der Waals surface area contributed by atoms with Crippen molar-refractivity contribution in [3.8, 4) is 0 Å². The molecule has 2 fully saturated rings. The van der Waals surface area contributed by atoms with Crippen LogP contribution in [0, 0.1) is 12.3 Å². The van der Waals surface area contributed by atoms with Gasteiger partial charge in [0.2, 0.25) is 0 Å². The summed E-state index contributed by atoms with van der Waals surface area (Å²) in [5.74, 6) is -0.613. The summed E-state index contributed by atoms with van der Waals surface area (Å²) in [7, 11) is 0. The van der Waals surface area contributed by atoms with Crippen molar-refractivity contribution in [2.75, 3.05) is 0 Å². The van der Waals surface area contributed by atoms with E-state index in [2.05, 4.69) is 24.3 Å². The molecule has 2 heteroatoms. The number of carboxylic acids is 1. The van der Waals surface area contributed by atoms with Crippen molar-refractivity contribution < 1.29 is 9.90 Å². The minimum absolute atomic E-state index is 0.0204. The van der Waals surface area contributed by atoms with Crippen LogP contribution >= 0.6 is 0 Å². The largest absolute Gasteiger partial charge is 0.481 e. The summed E-state index contributed by atoms with van der Waals surface area (Å²) in [4.78, 5) is 11.0. The average molecular weight is 188 g/mol. The van der Waals surface area contributed by atoms with Crippen LogP contribution in [0.2, 0.25) is 0 Å². The minimum Gasteiger partial charge on any atom is -0.481 e. The summed E-state index contributed by atoms with van der Waals surface area (Å²) in [6, 6.07) is 8.28. The zero-order valence-corrected chi connectivity index (χ0v) is 8.08. The summed E-state index contributed by atoms with van der Waals surface area (Å²) in [5.41, 5.74) is 2.09. The lowest BCUT2D eigenvalue weighted by Gasteiger charge is -2.02. The molecule has 0 aromatic heterocycles. The molecular formula is C12H12O2. The van der Waals surface area contributed by atoms with Gasteiger partial charge in [-0.3, -0.25) is 4.79 Å². The minimum atomic E-state index is -0.613. The fourth-order valence-electron chi connectivity index (χ4n) is 2.60. The van der Waals surface area contributed by atoms with Crippen molar-refractivity contribution in [3.05, 3.63) is 35.4 Å². The Morgan fingerprint density at radius 2 is 1.86 bits per heavy atom. The van der Waals surface area contributed by atoms with Crippen molar-refractivity contribution in [1.29, 1.82) is 0 Å². The second kappa shape index (κ2) is 2.02. The van der Waals surface area contributed by atoms with Gasteiger partial charge in [-0.2, -0.15) is 0 Å². The number of hydrogen-bond donors (Lipinski definition) is 1. The third-order valence-corrected chi connectivity index (χ3v) is 3.89. The van der Waals surface area contributed by atoms with Gasteiger partial charge < -0.3 is 5.11 Å². The van der Waals surface area contributed by atoms with E-state index in [1.165, 1.54) is 11.1 Å². The monoisotopic (exact) mass is 188 g/mol. The van der Waals surface area contributed by atoms with E-state index in [4.69, 9.17) is 5.11 Å². The second-order valence-electron chi connectivity index (χ2n) is 4.69. The quantitative estimate of drug-likeness (QED) is 0.771. The number of rotatable bonds is 2. The van der Waals surface area contributed by atoms with Crippen molar-refractivity contribution in [2.24, 2.45) is 5.41 Å². The molecule has 0 amide bonds. The van der Waals surface area contributed by atoms with Crippen molar-refractivity contribution >= 4 is 5.97 Å². The molecular weight excluding hydrogens is 176 g/mol. The number of hydrogen-bond acceptors (Lipinski definition) is 1. The van der Waals surface area contributed by atoms with Gasteiger partial charge in [-0.05, 0) is 25.3 Å². The van der Waals surface area contributed by atoms with Crippen LogP contribution in [0.3, 0.4) is 0 Å². The third-order valence-electron chi connectivity index (χ3n) is 3.89. The highest BCUT2D eigenvalue weighted by molar-refractivity contribution is 5.89. The third kappa shape index (κ3) is 0.707. The maximum atomic E-state index is 11.0. The molecule has 1 aromatic rings. The molecule has 2 saturated carbocycles. The van der Waals surface area contributed by atoms with Crippen LogP contribution in [0.1, 0.15) is 24.0 Å². The van der Waals surface area contributed by atoms with E-state index in [0.717, 1.165) is 12.8 Å². The Morgan fingerprint density at radius 1 is 1.29 bits per heavy atom. The molecule has 0 heterocycles. The van der Waals surface area contributed by atoms with Crippen LogP contribution in [-0.2, 0) is 10.2 Å². The maximum absolute atomic E-state index is 11.0. The molecule has 72 valence electrons. The summed E-state index contributed by atoms with van der Waals surface area (Å²) < 4.78 is 0. The first-order chi connectivity index (χ1) is 6.61. The smallest absolute Gasteiger partial charge is 0.310 e. The molecule has 0 atom stereocenters. The van der Waals surface area contributed by atoms with E-state index in [9.17, 15) is 4.79 Å². The molecule has 0 aliphatic heterocycles. The van der Waals surface area contributed by atoms with Crippen molar-refractivity contribution in [1.82, 2.24) is 0 Å². The lowest BCUT2D eigenvalue weighted by Crippen LogP contribution is -2.03. The molecule has 3 rings (SSSR count). The van der Waals surface area contributed by atoms with Gasteiger partial charge in [-0.25, -0.2) is 0 Å². The molecule has 2 nitrogen and oxygen atoms in total. The molecule has 1 N–H and O–H groups in total. The predicted octanol–water partition coefficient (Wildman–Crippen LogP) is 2.11. The highest BCUT2D eigenvalue weighted by Crippen LogP contribution is 2.85. The Bertz CT molecular complexity index is 410. The van der Waals surface area contributed by atoms with Gasteiger partial charge in [0.05, 0.1) is 5.41 Å². The summed E-state index contributed by atoms with van der Waals surface area (Å²) >= 11 is 0. The standard InChI is InChI=1S/C12H12O2/c1-8-2-4-9(5-3-8)11-6-12(11,7-11)10(13)14/h2-5H,6-7H2,1H3,(H,13,14). The van der Waals surface area contributed by atoms with Crippen LogP contribution in [0.15, 0.2) is 24.3 Å². The van der Waals surface area contributed by atoms with Crippen LogP contribution < -0.4 is 0 Å². The summed E-state index contributed by atoms with van der Waals surface area (Å²) in [6.45, 7) is 2.05. The van der Waals surface area contributed by atoms with E-state index in [-0.39, 0.29) is 10.8 Å². The van der Waals surface area contributed by atoms with Crippen LogP contribution in [0.25, 0.3) is 0 Å². The number of benzene rings is 1. The topological polar surface area (TPSA) is 37.3 Å². The normalized spacial score (nSPS) is 37.5. The number of carboxylic acid groups (broad SMARTS) is 1. The second-order valence-corrected chi connectivity index (χ2v) is 4.69. The average Bonchev–Trinajstić information content (AvgIpc) is 2.90. The van der Waals surface area contributed by atoms with E-state index in [1.807, 2.05) is 6.92 Å². The molecule has 0 spiro atoms. The van der Waals surface area contributed by atoms with Gasteiger partial charge in [0.15, 0.2) is 0 Å². The fraction of sp³-hybridized carbons (Fsp3) is 0.417. The number of aliphatic carboxylic acids is 1. The van der Waals surface area contributed by atoms with Gasteiger partial charge >= 0.3 is 5.97 Å². The molecule has 0 unspecified atom stereocenters. The van der Waals surface area contributed by atoms with E-state index < -0.39 is 5.97 Å². The van der Waals surface area contributed by atoms with Crippen molar-refractivity contribution in [3.63, 3.8) is 0 Å². The lowest BCUT2D eigenvalue weighted by atomic mass is 10.0. The van der Waals surface area contributed by atoms with Crippen LogP contribution in [-0.4, -0.2) is 11.1 Å². The highest BCUT2D eigenvalue weighted by Gasteiger charge is 2.88. The SMILES string of the molecule is Cc1ccc(C23CC2(C(=O)O)C3)cc1. The van der Waals surface area contributed by atoms with Crippen LogP contribution in [0.5, 0.6) is 0 Å². The molecule has 0 bridgehead atoms. The van der Waals surface area contributed by atoms with Gasteiger partial charge in [0.1, 0.15) is 0 Å². The Morgan fingerprint density at radius 3 is 2.29 bits per heavy atom. The molecule has 2 aliphatic rings. The van der Waals surface area contributed by atoms with E-state index >= 15 is 0 Å². The zero-order valence-electron chi connectivity index (χ0n) is 8.08. The molecule has 2 aliphatic carbocycles. The van der Waals surface area contributed by atoms with Crippen molar-refractivity contribution in [2.45, 2.75) is 25.2 Å². The van der Waals surface area contributed by atoms with Gasteiger partial charge in [0, 0.05) is 5.41 Å². The Labute approximate surface area is 82.6 Å². The van der Waals surface area contributed by atoms with Gasteiger partial charge in [-0.1, -0.05) is 29.8 Å². The van der Waals surface area contributed by atoms with E-state index in [0.29, 0.717) is 0 Å².